The lowest BCUT2D eigenvalue weighted by Crippen LogP contribution is -2.37. The number of nitrogens with one attached hydrogen (secondary N) is 2. The molecule has 2 aromatic rings. The number of hydrogen-bond acceptors (Lipinski definition) is 5. The third-order valence-electron chi connectivity index (χ3n) is 7.34. The number of aryl methyl sites for hydroxylation is 1. The van der Waals surface area contributed by atoms with Crippen LogP contribution in [0.25, 0.3) is 0 Å². The minimum atomic E-state index is -0.237. The summed E-state index contributed by atoms with van der Waals surface area (Å²) in [7, 11) is 0. The molecule has 2 N–H and O–H groups in total. The van der Waals surface area contributed by atoms with Crippen LogP contribution in [0.5, 0.6) is 0 Å². The number of aromatic nitrogens is 2. The van der Waals surface area contributed by atoms with Crippen LogP contribution in [-0.4, -0.2) is 21.9 Å². The number of benzene rings is 1. The Bertz CT molecular complexity index is 1200. The van der Waals surface area contributed by atoms with E-state index in [1.54, 1.807) is 24.5 Å². The van der Waals surface area contributed by atoms with E-state index < -0.39 is 0 Å². The Morgan fingerprint density at radius 1 is 1.26 bits per heavy atom. The molecule has 6 nitrogen and oxygen atoms in total. The number of rotatable bonds is 7. The molecular weight excluding hydrogens is 441 g/mol. The highest BCUT2D eigenvalue weighted by molar-refractivity contribution is 5.92. The first kappa shape index (κ1) is 23.3. The summed E-state index contributed by atoms with van der Waals surface area (Å²) >= 11 is 0. The van der Waals surface area contributed by atoms with Crippen LogP contribution in [0.2, 0.25) is 0 Å². The lowest BCUT2D eigenvalue weighted by atomic mass is 9.78. The zero-order valence-corrected chi connectivity index (χ0v) is 20.5. The number of nitrogens with zero attached hydrogens (tertiary/aromatic N) is 3. The van der Waals surface area contributed by atoms with Crippen molar-refractivity contribution in [3.8, 4) is 0 Å². The van der Waals surface area contributed by atoms with Crippen LogP contribution in [0, 0.1) is 24.6 Å². The van der Waals surface area contributed by atoms with Gasteiger partial charge in [0.25, 0.3) is 5.91 Å². The van der Waals surface area contributed by atoms with Crippen molar-refractivity contribution in [2.75, 3.05) is 5.01 Å². The zero-order chi connectivity index (χ0) is 24.5. The molecule has 35 heavy (non-hydrogen) atoms. The molecule has 3 aliphatic rings. The quantitative estimate of drug-likeness (QED) is 0.566. The summed E-state index contributed by atoms with van der Waals surface area (Å²) in [5.41, 5.74) is 10.7. The van der Waals surface area contributed by atoms with Gasteiger partial charge in [-0.3, -0.25) is 14.8 Å². The standard InChI is InChI=1S/C28H32FN5O/c1-4-5-22(33-28(35)25-16-30-17(2)14-31-25)12-19-6-7-20-13-26-24(18(3)27(19)20)15-32-34(26)23-10-8-21(29)9-11-23/h8-11,13-16,18-19,22,32H,4-7,12H2,1-3H3,(H,33,35)/t18-,19+,22?/m0/s1. The van der Waals surface area contributed by atoms with Crippen molar-refractivity contribution in [1.29, 1.82) is 0 Å². The average molecular weight is 474 g/mol. The van der Waals surface area contributed by atoms with Crippen LogP contribution >= 0.6 is 0 Å². The Morgan fingerprint density at radius 3 is 2.77 bits per heavy atom. The molecular formula is C28H32FN5O. The Labute approximate surface area is 206 Å². The number of amides is 1. The molecule has 3 atom stereocenters. The van der Waals surface area contributed by atoms with Gasteiger partial charge in [0.15, 0.2) is 0 Å². The maximum Gasteiger partial charge on any atom is 0.271 e. The molecule has 0 spiro atoms. The molecule has 5 rings (SSSR count). The fourth-order valence-corrected chi connectivity index (χ4v) is 5.67. The van der Waals surface area contributed by atoms with Gasteiger partial charge in [0.1, 0.15) is 11.5 Å². The lowest BCUT2D eigenvalue weighted by Gasteiger charge is -2.31. The van der Waals surface area contributed by atoms with Gasteiger partial charge in [0, 0.05) is 29.9 Å². The van der Waals surface area contributed by atoms with Crippen LogP contribution < -0.4 is 15.8 Å². The number of allylic oxidation sites excluding steroid dienone is 4. The second-order valence-electron chi connectivity index (χ2n) is 9.75. The van der Waals surface area contributed by atoms with Gasteiger partial charge in [-0.2, -0.15) is 0 Å². The molecule has 7 heteroatoms. The Balaban J connectivity index is 1.34. The molecule has 0 radical (unpaired) electrons. The molecule has 1 unspecified atom stereocenters. The predicted octanol–water partition coefficient (Wildman–Crippen LogP) is 5.36. The molecule has 0 bridgehead atoms. The normalized spacial score (nSPS) is 21.7. The van der Waals surface area contributed by atoms with Crippen molar-refractivity contribution in [2.24, 2.45) is 11.8 Å². The summed E-state index contributed by atoms with van der Waals surface area (Å²) in [5, 5.41) is 5.26. The molecule has 182 valence electrons. The molecule has 1 aromatic carbocycles. The van der Waals surface area contributed by atoms with Crippen molar-refractivity contribution in [2.45, 2.75) is 58.9 Å². The Hall–Kier alpha value is -3.48. The maximum absolute atomic E-state index is 13.4. The second kappa shape index (κ2) is 9.64. The topological polar surface area (TPSA) is 70.2 Å². The number of carbonyl (C=O) groups excluding carboxylic acids is 1. The van der Waals surface area contributed by atoms with Gasteiger partial charge in [-0.05, 0) is 74.4 Å². The van der Waals surface area contributed by atoms with Crippen LogP contribution in [0.3, 0.4) is 0 Å². The van der Waals surface area contributed by atoms with Gasteiger partial charge in [-0.1, -0.05) is 25.8 Å². The van der Waals surface area contributed by atoms with E-state index in [2.05, 4.69) is 46.8 Å². The summed E-state index contributed by atoms with van der Waals surface area (Å²) in [6.45, 7) is 6.29. The van der Waals surface area contributed by atoms with Crippen molar-refractivity contribution in [3.63, 3.8) is 0 Å². The molecule has 0 saturated heterocycles. The van der Waals surface area contributed by atoms with Gasteiger partial charge in [-0.25, -0.2) is 9.37 Å². The first-order chi connectivity index (χ1) is 16.9. The Kier molecular flexibility index (Phi) is 6.41. The monoisotopic (exact) mass is 473 g/mol. The van der Waals surface area contributed by atoms with Crippen molar-refractivity contribution in [1.82, 2.24) is 20.7 Å². The van der Waals surface area contributed by atoms with Gasteiger partial charge in [-0.15, -0.1) is 0 Å². The molecule has 1 aromatic heterocycles. The fraction of sp³-hybridized carbons (Fsp3) is 0.393. The van der Waals surface area contributed by atoms with Crippen molar-refractivity contribution in [3.05, 3.63) is 88.6 Å². The van der Waals surface area contributed by atoms with Crippen molar-refractivity contribution < 1.29 is 9.18 Å². The third kappa shape index (κ3) is 4.59. The summed E-state index contributed by atoms with van der Waals surface area (Å²) in [4.78, 5) is 21.3. The third-order valence-corrected chi connectivity index (χ3v) is 7.34. The summed E-state index contributed by atoms with van der Waals surface area (Å²) in [5.74, 6) is 0.328. The molecule has 1 aliphatic heterocycles. The van der Waals surface area contributed by atoms with E-state index in [4.69, 9.17) is 0 Å². The lowest BCUT2D eigenvalue weighted by molar-refractivity contribution is 0.0924. The van der Waals surface area contributed by atoms with E-state index in [1.165, 1.54) is 28.9 Å². The van der Waals surface area contributed by atoms with Gasteiger partial charge in [0.05, 0.1) is 23.3 Å². The first-order valence-corrected chi connectivity index (χ1v) is 12.5. The highest BCUT2D eigenvalue weighted by atomic mass is 19.1. The van der Waals surface area contributed by atoms with Crippen LogP contribution in [0.1, 0.15) is 62.1 Å². The van der Waals surface area contributed by atoms with Gasteiger partial charge < -0.3 is 10.7 Å². The van der Waals surface area contributed by atoms with E-state index in [0.717, 1.165) is 49.2 Å². The second-order valence-corrected chi connectivity index (χ2v) is 9.75. The SMILES string of the molecule is CCCC(C[C@H]1CCC2=C1[C@@H](C)C1=CNN(c3ccc(F)cc3)C1=C2)NC(=O)c1cnc(C)cn1. The number of halogens is 1. The van der Waals surface area contributed by atoms with E-state index in [1.807, 2.05) is 11.9 Å². The zero-order valence-electron chi connectivity index (χ0n) is 20.5. The highest BCUT2D eigenvalue weighted by Crippen LogP contribution is 2.49. The summed E-state index contributed by atoms with van der Waals surface area (Å²) < 4.78 is 13.4. The molecule has 2 aliphatic carbocycles. The van der Waals surface area contributed by atoms with E-state index in [9.17, 15) is 9.18 Å². The highest BCUT2D eigenvalue weighted by Gasteiger charge is 2.38. The Morgan fingerprint density at radius 2 is 2.06 bits per heavy atom. The van der Waals surface area contributed by atoms with E-state index >= 15 is 0 Å². The van der Waals surface area contributed by atoms with Gasteiger partial charge >= 0.3 is 0 Å². The fourth-order valence-electron chi connectivity index (χ4n) is 5.67. The molecule has 2 heterocycles. The number of fused-ring (bicyclic) bond motifs is 1. The van der Waals surface area contributed by atoms with E-state index in [-0.39, 0.29) is 23.7 Å². The minimum Gasteiger partial charge on any atom is -0.348 e. The minimum absolute atomic E-state index is 0.0939. The largest absolute Gasteiger partial charge is 0.348 e. The van der Waals surface area contributed by atoms with Crippen molar-refractivity contribution >= 4 is 11.6 Å². The van der Waals surface area contributed by atoms with Crippen LogP contribution in [-0.2, 0) is 0 Å². The van der Waals surface area contributed by atoms with Gasteiger partial charge in [0.2, 0.25) is 0 Å². The summed E-state index contributed by atoms with van der Waals surface area (Å²) in [6, 6.07) is 6.66. The van der Waals surface area contributed by atoms with Crippen LogP contribution in [0.15, 0.2) is 71.4 Å². The predicted molar refractivity (Wildman–Crippen MR) is 135 cm³/mol. The maximum atomic E-state index is 13.4. The first-order valence-electron chi connectivity index (χ1n) is 12.5. The molecule has 0 fully saturated rings. The smallest absolute Gasteiger partial charge is 0.271 e. The number of carbonyl (C=O) groups is 1. The number of hydrogen-bond donors (Lipinski definition) is 2. The van der Waals surface area contributed by atoms with Crippen LogP contribution in [0.4, 0.5) is 10.1 Å². The number of hydrazine groups is 1. The average Bonchev–Trinajstić information content (AvgIpc) is 3.45. The summed E-state index contributed by atoms with van der Waals surface area (Å²) in [6.07, 6.45) is 12.5. The van der Waals surface area contributed by atoms with E-state index in [0.29, 0.717) is 11.6 Å². The number of anilines is 1. The molecule has 0 saturated carbocycles. The molecule has 1 amide bonds.